The Bertz CT molecular complexity index is 575. The number of nitrogens with zero attached hydrogens (tertiary/aromatic N) is 1. The average molecular weight is 335 g/mol. The molecule has 1 aliphatic heterocycles. The maximum Gasteiger partial charge on any atom is 0.303 e. The van der Waals surface area contributed by atoms with Crippen LogP contribution in [0, 0.1) is 17.7 Å². The molecule has 24 heavy (non-hydrogen) atoms. The van der Waals surface area contributed by atoms with Gasteiger partial charge in [-0.1, -0.05) is 19.1 Å². The summed E-state index contributed by atoms with van der Waals surface area (Å²) in [5, 5.41) is 8.79. The van der Waals surface area contributed by atoms with E-state index >= 15 is 0 Å². The lowest BCUT2D eigenvalue weighted by atomic mass is 9.92. The van der Waals surface area contributed by atoms with Crippen LogP contribution in [-0.4, -0.2) is 35.0 Å². The van der Waals surface area contributed by atoms with E-state index in [0.29, 0.717) is 25.8 Å². The summed E-state index contributed by atoms with van der Waals surface area (Å²) in [6.07, 6.45) is 3.87. The Morgan fingerprint density at radius 2 is 2.21 bits per heavy atom. The van der Waals surface area contributed by atoms with Gasteiger partial charge in [0.05, 0.1) is 0 Å². The molecular weight excluding hydrogens is 309 g/mol. The van der Waals surface area contributed by atoms with E-state index in [1.807, 2.05) is 17.9 Å². The number of carbonyl (C=O) groups excluding carboxylic acids is 1. The molecule has 1 aromatic rings. The highest BCUT2D eigenvalue weighted by Crippen LogP contribution is 2.23. The molecule has 0 radical (unpaired) electrons. The number of likely N-dealkylation sites (tertiary alicyclic amines) is 1. The van der Waals surface area contributed by atoms with Crippen molar-refractivity contribution in [2.75, 3.05) is 13.1 Å². The second-order valence-corrected chi connectivity index (χ2v) is 6.92. The molecule has 0 saturated carbocycles. The summed E-state index contributed by atoms with van der Waals surface area (Å²) in [5.74, 6) is -0.458. The van der Waals surface area contributed by atoms with Gasteiger partial charge in [0.25, 0.3) is 0 Å². The van der Waals surface area contributed by atoms with Gasteiger partial charge in [-0.15, -0.1) is 0 Å². The second kappa shape index (κ2) is 8.81. The number of aliphatic carboxylic acids is 1. The number of rotatable bonds is 7. The highest BCUT2D eigenvalue weighted by atomic mass is 19.1. The Morgan fingerprint density at radius 3 is 2.92 bits per heavy atom. The highest BCUT2D eigenvalue weighted by Gasteiger charge is 2.25. The number of benzene rings is 1. The number of carboxylic acid groups (broad SMARTS) is 1. The smallest absolute Gasteiger partial charge is 0.303 e. The molecule has 0 aromatic heterocycles. The minimum absolute atomic E-state index is 0.124. The zero-order chi connectivity index (χ0) is 17.5. The van der Waals surface area contributed by atoms with Gasteiger partial charge in [0.15, 0.2) is 0 Å². The SMILES string of the molecule is C[C@H](CC(=O)N1CCC[C@@H](CCC(=O)O)C1)Cc1cccc(F)c1. The Kier molecular flexibility index (Phi) is 6.76. The molecule has 1 aliphatic rings. The zero-order valence-electron chi connectivity index (χ0n) is 14.2. The maximum absolute atomic E-state index is 13.2. The van der Waals surface area contributed by atoms with Gasteiger partial charge in [-0.2, -0.15) is 0 Å². The van der Waals surface area contributed by atoms with E-state index < -0.39 is 5.97 Å². The molecule has 0 aliphatic carbocycles. The van der Waals surface area contributed by atoms with Crippen LogP contribution in [0.1, 0.15) is 44.6 Å². The first kappa shape index (κ1) is 18.4. The highest BCUT2D eigenvalue weighted by molar-refractivity contribution is 5.76. The number of hydrogen-bond acceptors (Lipinski definition) is 2. The first-order chi connectivity index (χ1) is 11.4. The van der Waals surface area contributed by atoms with Gasteiger partial charge in [-0.05, 0) is 55.2 Å². The molecule has 0 spiro atoms. The van der Waals surface area contributed by atoms with Gasteiger partial charge in [-0.25, -0.2) is 4.39 Å². The molecule has 5 heteroatoms. The Labute approximate surface area is 142 Å². The van der Waals surface area contributed by atoms with E-state index in [4.69, 9.17) is 5.11 Å². The quantitative estimate of drug-likeness (QED) is 0.830. The van der Waals surface area contributed by atoms with Crippen molar-refractivity contribution in [3.05, 3.63) is 35.6 Å². The lowest BCUT2D eigenvalue weighted by Crippen LogP contribution is -2.40. The average Bonchev–Trinajstić information content (AvgIpc) is 2.53. The van der Waals surface area contributed by atoms with Crippen LogP contribution in [0.3, 0.4) is 0 Å². The van der Waals surface area contributed by atoms with Gasteiger partial charge < -0.3 is 10.0 Å². The van der Waals surface area contributed by atoms with E-state index in [2.05, 4.69) is 0 Å². The number of amides is 1. The lowest BCUT2D eigenvalue weighted by Gasteiger charge is -2.33. The first-order valence-corrected chi connectivity index (χ1v) is 8.68. The van der Waals surface area contributed by atoms with Crippen molar-refractivity contribution in [3.8, 4) is 0 Å². The molecule has 2 rings (SSSR count). The second-order valence-electron chi connectivity index (χ2n) is 6.92. The predicted molar refractivity (Wildman–Crippen MR) is 90.1 cm³/mol. The third-order valence-corrected chi connectivity index (χ3v) is 4.63. The van der Waals surface area contributed by atoms with E-state index in [1.165, 1.54) is 12.1 Å². The fourth-order valence-electron chi connectivity index (χ4n) is 3.42. The van der Waals surface area contributed by atoms with Crippen molar-refractivity contribution < 1.29 is 19.1 Å². The molecule has 1 saturated heterocycles. The van der Waals surface area contributed by atoms with Crippen LogP contribution in [0.25, 0.3) is 0 Å². The number of carbonyl (C=O) groups is 2. The maximum atomic E-state index is 13.2. The Morgan fingerprint density at radius 1 is 1.42 bits per heavy atom. The van der Waals surface area contributed by atoms with Gasteiger partial charge in [0.1, 0.15) is 5.82 Å². The standard InChI is InChI=1S/C19H26FNO3/c1-14(10-16-4-2-6-17(20)12-16)11-18(22)21-9-3-5-15(13-21)7-8-19(23)24/h2,4,6,12,14-15H,3,5,7-11,13H2,1H3,(H,23,24)/t14-,15-/m0/s1. The van der Waals surface area contributed by atoms with Gasteiger partial charge in [0.2, 0.25) is 5.91 Å². The molecule has 1 amide bonds. The molecule has 0 bridgehead atoms. The molecule has 1 fully saturated rings. The van der Waals surface area contributed by atoms with E-state index in [-0.39, 0.29) is 30.0 Å². The van der Waals surface area contributed by atoms with Crippen molar-refractivity contribution in [1.29, 1.82) is 0 Å². The van der Waals surface area contributed by atoms with Crippen LogP contribution in [0.5, 0.6) is 0 Å². The van der Waals surface area contributed by atoms with Crippen molar-refractivity contribution in [2.24, 2.45) is 11.8 Å². The molecule has 1 heterocycles. The fourth-order valence-corrected chi connectivity index (χ4v) is 3.42. The van der Waals surface area contributed by atoms with Crippen LogP contribution < -0.4 is 0 Å². The van der Waals surface area contributed by atoms with E-state index in [9.17, 15) is 14.0 Å². The molecule has 0 unspecified atom stereocenters. The molecule has 2 atom stereocenters. The normalized spacial score (nSPS) is 19.1. The predicted octanol–water partition coefficient (Wildman–Crippen LogP) is 3.50. The molecular formula is C19H26FNO3. The van der Waals surface area contributed by atoms with Crippen LogP contribution in [-0.2, 0) is 16.0 Å². The summed E-state index contributed by atoms with van der Waals surface area (Å²) in [6.45, 7) is 3.43. The zero-order valence-corrected chi connectivity index (χ0v) is 14.2. The van der Waals surface area contributed by atoms with Gasteiger partial charge in [-0.3, -0.25) is 9.59 Å². The summed E-state index contributed by atoms with van der Waals surface area (Å²) in [5.41, 5.74) is 0.910. The van der Waals surface area contributed by atoms with E-state index in [1.54, 1.807) is 6.07 Å². The van der Waals surface area contributed by atoms with Gasteiger partial charge in [0, 0.05) is 25.9 Å². The summed E-state index contributed by atoms with van der Waals surface area (Å²) < 4.78 is 13.2. The topological polar surface area (TPSA) is 57.6 Å². The molecule has 1 N–H and O–H groups in total. The van der Waals surface area contributed by atoms with Crippen molar-refractivity contribution in [3.63, 3.8) is 0 Å². The van der Waals surface area contributed by atoms with Crippen LogP contribution in [0.4, 0.5) is 4.39 Å². The van der Waals surface area contributed by atoms with Crippen LogP contribution >= 0.6 is 0 Å². The summed E-state index contributed by atoms with van der Waals surface area (Å²) >= 11 is 0. The minimum atomic E-state index is -0.776. The fraction of sp³-hybridized carbons (Fsp3) is 0.579. The van der Waals surface area contributed by atoms with Crippen molar-refractivity contribution in [1.82, 2.24) is 4.90 Å². The van der Waals surface area contributed by atoms with Crippen LogP contribution in [0.2, 0.25) is 0 Å². The van der Waals surface area contributed by atoms with Crippen LogP contribution in [0.15, 0.2) is 24.3 Å². The third-order valence-electron chi connectivity index (χ3n) is 4.63. The molecule has 1 aromatic carbocycles. The molecule has 4 nitrogen and oxygen atoms in total. The number of piperidine rings is 1. The third kappa shape index (κ3) is 5.95. The number of carboxylic acids is 1. The summed E-state index contributed by atoms with van der Waals surface area (Å²) in [4.78, 5) is 25.1. The minimum Gasteiger partial charge on any atom is -0.481 e. The number of hydrogen-bond donors (Lipinski definition) is 1. The largest absolute Gasteiger partial charge is 0.481 e. The Hall–Kier alpha value is -1.91. The van der Waals surface area contributed by atoms with E-state index in [0.717, 1.165) is 24.9 Å². The van der Waals surface area contributed by atoms with Crippen molar-refractivity contribution >= 4 is 11.9 Å². The first-order valence-electron chi connectivity index (χ1n) is 8.68. The Balaban J connectivity index is 1.81. The number of halogens is 1. The monoisotopic (exact) mass is 335 g/mol. The van der Waals surface area contributed by atoms with Crippen molar-refractivity contribution in [2.45, 2.75) is 45.4 Å². The summed E-state index contributed by atoms with van der Waals surface area (Å²) in [7, 11) is 0. The molecule has 132 valence electrons. The lowest BCUT2D eigenvalue weighted by molar-refractivity contribution is -0.137. The van der Waals surface area contributed by atoms with Gasteiger partial charge >= 0.3 is 5.97 Å². The summed E-state index contributed by atoms with van der Waals surface area (Å²) in [6, 6.07) is 6.51.